The van der Waals surface area contributed by atoms with Gasteiger partial charge in [0.2, 0.25) is 0 Å². The van der Waals surface area contributed by atoms with Crippen molar-refractivity contribution >= 4 is 21.5 Å². The van der Waals surface area contributed by atoms with E-state index in [9.17, 15) is 8.42 Å². The summed E-state index contributed by atoms with van der Waals surface area (Å²) in [7, 11) is -3.91. The smallest absolute Gasteiger partial charge is 0.276 e. The first-order valence-electron chi connectivity index (χ1n) is 9.22. The molecule has 0 radical (unpaired) electrons. The number of aromatic nitrogens is 4. The molecular weight excluding hydrogens is 362 g/mol. The van der Waals surface area contributed by atoms with Crippen molar-refractivity contribution in [2.45, 2.75) is 51.6 Å². The van der Waals surface area contributed by atoms with Crippen LogP contribution in [-0.2, 0) is 22.9 Å². The van der Waals surface area contributed by atoms with Crippen LogP contribution in [0.5, 0.6) is 0 Å². The number of aryl methyl sites for hydroxylation is 3. The zero-order valence-electron chi connectivity index (χ0n) is 15.7. The highest BCUT2D eigenvalue weighted by atomic mass is 32.2. The van der Waals surface area contributed by atoms with Crippen LogP contribution >= 0.6 is 0 Å². The van der Waals surface area contributed by atoms with Gasteiger partial charge in [-0.3, -0.25) is 4.72 Å². The summed E-state index contributed by atoms with van der Waals surface area (Å²) in [6.07, 6.45) is 4.06. The van der Waals surface area contributed by atoms with Crippen LogP contribution in [0.1, 0.15) is 42.3 Å². The van der Waals surface area contributed by atoms with Crippen molar-refractivity contribution in [3.63, 3.8) is 0 Å². The van der Waals surface area contributed by atoms with Gasteiger partial charge in [-0.2, -0.15) is 13.4 Å². The van der Waals surface area contributed by atoms with E-state index in [-0.39, 0.29) is 10.9 Å². The molecule has 4 rings (SSSR count). The molecule has 2 aromatic heterocycles. The molecule has 7 nitrogen and oxygen atoms in total. The number of anilines is 1. The Balaban J connectivity index is 1.74. The summed E-state index contributed by atoms with van der Waals surface area (Å²) in [4.78, 5) is 8.42. The van der Waals surface area contributed by atoms with Gasteiger partial charge in [-0.25, -0.2) is 9.50 Å². The summed E-state index contributed by atoms with van der Waals surface area (Å²) in [5, 5.41) is 3.91. The lowest BCUT2D eigenvalue weighted by molar-refractivity contribution is 0.591. The Morgan fingerprint density at radius 2 is 1.93 bits per heavy atom. The number of hydrogen-bond donors (Lipinski definition) is 1. The van der Waals surface area contributed by atoms with Crippen LogP contribution in [-0.4, -0.2) is 28.0 Å². The highest BCUT2D eigenvalue weighted by molar-refractivity contribution is 7.92. The van der Waals surface area contributed by atoms with Crippen molar-refractivity contribution in [3.05, 3.63) is 46.8 Å². The fraction of sp³-hybridized carbons (Fsp3) is 0.421. The third-order valence-corrected chi connectivity index (χ3v) is 6.03. The Bertz CT molecular complexity index is 1120. The number of rotatable bonds is 6. The van der Waals surface area contributed by atoms with Crippen molar-refractivity contribution in [1.29, 1.82) is 0 Å². The van der Waals surface area contributed by atoms with E-state index in [1.807, 2.05) is 45.0 Å². The van der Waals surface area contributed by atoms with Gasteiger partial charge in [0.15, 0.2) is 0 Å². The first-order chi connectivity index (χ1) is 12.9. The lowest BCUT2D eigenvalue weighted by atomic mass is 10.0. The highest BCUT2D eigenvalue weighted by Gasteiger charge is 2.27. The van der Waals surface area contributed by atoms with Gasteiger partial charge >= 0.3 is 0 Å². The van der Waals surface area contributed by atoms with Crippen LogP contribution < -0.4 is 4.72 Å². The fourth-order valence-corrected chi connectivity index (χ4v) is 4.34. The zero-order chi connectivity index (χ0) is 19.2. The largest absolute Gasteiger partial charge is 0.299 e. The number of para-hydroxylation sites is 1. The standard InChI is InChI=1S/C19H23N5O2S/c1-4-15-6-5-7-16(11-14-8-9-14)17(15)23-27(25,26)19-21-18-20-12(2)10-13(3)24(18)22-19/h5-7,10,14,23H,4,8-9,11H2,1-3H3. The minimum Gasteiger partial charge on any atom is -0.276 e. The normalized spacial score (nSPS) is 14.6. The maximum atomic E-state index is 13.0. The quantitative estimate of drug-likeness (QED) is 0.704. The number of hydrogen-bond acceptors (Lipinski definition) is 5. The molecule has 1 aliphatic rings. The molecule has 0 unspecified atom stereocenters. The second-order valence-corrected chi connectivity index (χ2v) is 8.78. The van der Waals surface area contributed by atoms with E-state index in [4.69, 9.17) is 0 Å². The summed E-state index contributed by atoms with van der Waals surface area (Å²) in [5.74, 6) is 0.943. The first-order valence-corrected chi connectivity index (χ1v) is 10.7. The molecule has 1 N–H and O–H groups in total. The Kier molecular flexibility index (Phi) is 4.38. The molecular formula is C19H23N5O2S. The molecule has 0 amide bonds. The number of fused-ring (bicyclic) bond motifs is 1. The minimum atomic E-state index is -3.91. The predicted octanol–water partition coefficient (Wildman–Crippen LogP) is 3.06. The van der Waals surface area contributed by atoms with Gasteiger partial charge in [0, 0.05) is 11.4 Å². The van der Waals surface area contributed by atoms with E-state index >= 15 is 0 Å². The van der Waals surface area contributed by atoms with Crippen LogP contribution in [0, 0.1) is 19.8 Å². The lowest BCUT2D eigenvalue weighted by Crippen LogP contribution is -2.17. The van der Waals surface area contributed by atoms with Gasteiger partial charge in [-0.1, -0.05) is 25.1 Å². The van der Waals surface area contributed by atoms with Crippen molar-refractivity contribution in [2.24, 2.45) is 5.92 Å². The molecule has 0 saturated heterocycles. The van der Waals surface area contributed by atoms with Crippen molar-refractivity contribution in [3.8, 4) is 0 Å². The predicted molar refractivity (Wildman–Crippen MR) is 103 cm³/mol. The number of benzene rings is 1. The minimum absolute atomic E-state index is 0.257. The molecule has 2 heterocycles. The zero-order valence-corrected chi connectivity index (χ0v) is 16.5. The lowest BCUT2D eigenvalue weighted by Gasteiger charge is -2.15. The summed E-state index contributed by atoms with van der Waals surface area (Å²) >= 11 is 0. The molecule has 0 bridgehead atoms. The van der Waals surface area contributed by atoms with Gasteiger partial charge in [0.25, 0.3) is 21.0 Å². The van der Waals surface area contributed by atoms with Gasteiger partial charge < -0.3 is 0 Å². The topological polar surface area (TPSA) is 89.2 Å². The van der Waals surface area contributed by atoms with E-state index in [0.717, 1.165) is 35.4 Å². The summed E-state index contributed by atoms with van der Waals surface area (Å²) in [5.41, 5.74) is 4.24. The summed E-state index contributed by atoms with van der Waals surface area (Å²) in [6.45, 7) is 5.71. The summed E-state index contributed by atoms with van der Waals surface area (Å²) in [6, 6.07) is 7.79. The molecule has 142 valence electrons. The van der Waals surface area contributed by atoms with Crippen LogP contribution in [0.3, 0.4) is 0 Å². The molecule has 1 saturated carbocycles. The maximum absolute atomic E-state index is 13.0. The molecule has 0 spiro atoms. The Morgan fingerprint density at radius 1 is 1.19 bits per heavy atom. The van der Waals surface area contributed by atoms with E-state index in [1.54, 1.807) is 0 Å². The van der Waals surface area contributed by atoms with Crippen molar-refractivity contribution in [1.82, 2.24) is 19.6 Å². The molecule has 1 aromatic carbocycles. The highest BCUT2D eigenvalue weighted by Crippen LogP contribution is 2.36. The first kappa shape index (κ1) is 17.9. The van der Waals surface area contributed by atoms with Crippen LogP contribution in [0.25, 0.3) is 5.78 Å². The SMILES string of the molecule is CCc1cccc(CC2CC2)c1NS(=O)(=O)c1nc2nc(C)cc(C)n2n1. The number of sulfonamides is 1. The maximum Gasteiger partial charge on any atom is 0.299 e. The van der Waals surface area contributed by atoms with Gasteiger partial charge in [0.05, 0.1) is 5.69 Å². The number of nitrogens with zero attached hydrogens (tertiary/aromatic N) is 4. The fourth-order valence-electron chi connectivity index (χ4n) is 3.32. The van der Waals surface area contributed by atoms with E-state index < -0.39 is 10.0 Å². The van der Waals surface area contributed by atoms with Crippen LogP contribution in [0.15, 0.2) is 29.4 Å². The van der Waals surface area contributed by atoms with E-state index in [0.29, 0.717) is 11.6 Å². The van der Waals surface area contributed by atoms with Crippen molar-refractivity contribution < 1.29 is 8.42 Å². The van der Waals surface area contributed by atoms with Gasteiger partial charge in [-0.05, 0) is 62.6 Å². The third-order valence-electron chi connectivity index (χ3n) is 4.90. The molecule has 8 heteroatoms. The molecule has 1 fully saturated rings. The summed E-state index contributed by atoms with van der Waals surface area (Å²) < 4.78 is 30.2. The third kappa shape index (κ3) is 3.53. The second-order valence-electron chi connectivity index (χ2n) is 7.20. The average molecular weight is 385 g/mol. The van der Waals surface area contributed by atoms with Crippen LogP contribution in [0.4, 0.5) is 5.69 Å². The number of nitrogens with one attached hydrogen (secondary N) is 1. The van der Waals surface area contributed by atoms with Gasteiger partial charge in [-0.15, -0.1) is 5.10 Å². The van der Waals surface area contributed by atoms with E-state index in [1.165, 1.54) is 17.4 Å². The Hall–Kier alpha value is -2.48. The van der Waals surface area contributed by atoms with Crippen molar-refractivity contribution in [2.75, 3.05) is 4.72 Å². The molecule has 0 aliphatic heterocycles. The molecule has 1 aliphatic carbocycles. The molecule has 27 heavy (non-hydrogen) atoms. The Morgan fingerprint density at radius 3 is 2.63 bits per heavy atom. The van der Waals surface area contributed by atoms with Crippen LogP contribution in [0.2, 0.25) is 0 Å². The van der Waals surface area contributed by atoms with E-state index in [2.05, 4.69) is 19.8 Å². The van der Waals surface area contributed by atoms with Gasteiger partial charge in [0.1, 0.15) is 0 Å². The Labute approximate surface area is 158 Å². The molecule has 0 atom stereocenters. The monoisotopic (exact) mass is 385 g/mol. The average Bonchev–Trinajstić information content (AvgIpc) is 3.31. The molecule has 3 aromatic rings. The second kappa shape index (κ2) is 6.60.